The smallest absolute Gasteiger partial charge is 0.416 e. The van der Waals surface area contributed by atoms with Gasteiger partial charge in [-0.2, -0.15) is 13.2 Å². The van der Waals surface area contributed by atoms with Crippen LogP contribution in [0.2, 0.25) is 5.02 Å². The number of benzene rings is 3. The van der Waals surface area contributed by atoms with Gasteiger partial charge in [0, 0.05) is 11.6 Å². The van der Waals surface area contributed by atoms with Crippen LogP contribution in [0.5, 0.6) is 11.5 Å². The van der Waals surface area contributed by atoms with Gasteiger partial charge in [-0.1, -0.05) is 23.7 Å². The van der Waals surface area contributed by atoms with Crippen molar-refractivity contribution < 1.29 is 45.4 Å². The Morgan fingerprint density at radius 2 is 1.86 bits per heavy atom. The van der Waals surface area contributed by atoms with Gasteiger partial charge in [0.05, 0.1) is 34.1 Å². The SMILES string of the molecule is O=C(O)C[C@H]1CN(S(=O)(=O)c2cccc(C(F)(F)F)c2)c2cc(OCc3c(F)cccc3Cl)ccc2O1. The topological polar surface area (TPSA) is 93.1 Å². The number of hydrogen-bond donors (Lipinski definition) is 1. The third-order valence-corrected chi connectivity index (χ3v) is 7.59. The highest BCUT2D eigenvalue weighted by molar-refractivity contribution is 7.92. The molecule has 3 aromatic rings. The maximum Gasteiger partial charge on any atom is 0.416 e. The van der Waals surface area contributed by atoms with Crippen molar-refractivity contribution in [3.05, 3.63) is 82.6 Å². The van der Waals surface area contributed by atoms with Gasteiger partial charge in [0.25, 0.3) is 10.0 Å². The molecule has 0 unspecified atom stereocenters. The van der Waals surface area contributed by atoms with Crippen LogP contribution in [0.3, 0.4) is 0 Å². The molecule has 1 N–H and O–H groups in total. The molecule has 1 heterocycles. The minimum Gasteiger partial charge on any atom is -0.489 e. The molecule has 1 atom stereocenters. The summed E-state index contributed by atoms with van der Waals surface area (Å²) >= 11 is 6.01. The lowest BCUT2D eigenvalue weighted by Gasteiger charge is -2.35. The number of fused-ring (bicyclic) bond motifs is 1. The van der Waals surface area contributed by atoms with Crippen LogP contribution in [0.25, 0.3) is 0 Å². The highest BCUT2D eigenvalue weighted by Gasteiger charge is 2.37. The van der Waals surface area contributed by atoms with Crippen molar-refractivity contribution in [2.75, 3.05) is 10.8 Å². The second kappa shape index (κ2) is 10.1. The van der Waals surface area contributed by atoms with E-state index in [0.717, 1.165) is 22.5 Å². The van der Waals surface area contributed by atoms with E-state index in [2.05, 4.69) is 0 Å². The van der Waals surface area contributed by atoms with E-state index in [9.17, 15) is 35.9 Å². The number of ether oxygens (including phenoxy) is 2. The number of aliphatic carboxylic acids is 1. The number of halogens is 5. The van der Waals surface area contributed by atoms with Gasteiger partial charge in [0.15, 0.2) is 0 Å². The van der Waals surface area contributed by atoms with Gasteiger partial charge in [0.2, 0.25) is 0 Å². The van der Waals surface area contributed by atoms with Gasteiger partial charge in [0.1, 0.15) is 30.0 Å². The molecule has 0 aliphatic carbocycles. The van der Waals surface area contributed by atoms with E-state index >= 15 is 0 Å². The quantitative estimate of drug-likeness (QED) is 0.384. The fourth-order valence-corrected chi connectivity index (χ4v) is 5.46. The summed E-state index contributed by atoms with van der Waals surface area (Å²) in [5, 5.41) is 9.30. The normalized spacial score (nSPS) is 15.6. The Bertz CT molecular complexity index is 1430. The maximum atomic E-state index is 14.1. The van der Waals surface area contributed by atoms with Crippen molar-refractivity contribution in [2.24, 2.45) is 0 Å². The van der Waals surface area contributed by atoms with E-state index in [4.69, 9.17) is 21.1 Å². The molecule has 13 heteroatoms. The van der Waals surface area contributed by atoms with Crippen LogP contribution in [0, 0.1) is 5.82 Å². The number of nitrogens with zero attached hydrogens (tertiary/aromatic N) is 1. The Hall–Kier alpha value is -3.51. The fraction of sp³-hybridized carbons (Fsp3) is 0.208. The van der Waals surface area contributed by atoms with E-state index in [1.54, 1.807) is 0 Å². The van der Waals surface area contributed by atoms with Crippen LogP contribution in [0.1, 0.15) is 17.5 Å². The number of carbonyl (C=O) groups is 1. The van der Waals surface area contributed by atoms with Gasteiger partial charge >= 0.3 is 12.1 Å². The summed E-state index contributed by atoms with van der Waals surface area (Å²) in [6, 6.07) is 11.3. The number of carboxylic acid groups (broad SMARTS) is 1. The zero-order valence-electron chi connectivity index (χ0n) is 18.7. The first kappa shape index (κ1) is 26.6. The molecule has 0 saturated heterocycles. The first-order chi connectivity index (χ1) is 17.4. The number of alkyl halides is 3. The second-order valence-electron chi connectivity index (χ2n) is 8.02. The lowest BCUT2D eigenvalue weighted by Crippen LogP contribution is -2.44. The minimum atomic E-state index is -4.78. The molecule has 0 aromatic heterocycles. The summed E-state index contributed by atoms with van der Waals surface area (Å²) in [7, 11) is -4.60. The van der Waals surface area contributed by atoms with Crippen molar-refractivity contribution in [3.8, 4) is 11.5 Å². The monoisotopic (exact) mass is 559 g/mol. The number of rotatable bonds is 7. The van der Waals surface area contributed by atoms with Gasteiger partial charge < -0.3 is 14.6 Å². The average Bonchev–Trinajstić information content (AvgIpc) is 2.82. The molecule has 3 aromatic carbocycles. The molecule has 0 fully saturated rings. The molecule has 1 aliphatic heterocycles. The number of anilines is 1. The van der Waals surface area contributed by atoms with E-state index in [0.29, 0.717) is 6.07 Å². The Labute approximate surface area is 213 Å². The zero-order chi connectivity index (χ0) is 27.0. The van der Waals surface area contributed by atoms with Crippen LogP contribution in [0.4, 0.5) is 23.2 Å². The molecule has 0 radical (unpaired) electrons. The summed E-state index contributed by atoms with van der Waals surface area (Å²) in [4.78, 5) is 10.6. The van der Waals surface area contributed by atoms with Crippen molar-refractivity contribution in [1.29, 1.82) is 0 Å². The molecule has 0 saturated carbocycles. The Morgan fingerprint density at radius 1 is 1.14 bits per heavy atom. The summed E-state index contributed by atoms with van der Waals surface area (Å²) in [5.41, 5.74) is -1.19. The summed E-state index contributed by atoms with van der Waals surface area (Å²) in [6.07, 6.45) is -6.46. The van der Waals surface area contributed by atoms with E-state index in [1.165, 1.54) is 36.4 Å². The predicted molar refractivity (Wildman–Crippen MR) is 125 cm³/mol. The maximum absolute atomic E-state index is 14.1. The largest absolute Gasteiger partial charge is 0.489 e. The third kappa shape index (κ3) is 5.75. The minimum absolute atomic E-state index is 0.0238. The van der Waals surface area contributed by atoms with Crippen LogP contribution in [0.15, 0.2) is 65.6 Å². The lowest BCUT2D eigenvalue weighted by molar-refractivity contribution is -0.139. The van der Waals surface area contributed by atoms with E-state index in [-0.39, 0.29) is 34.4 Å². The van der Waals surface area contributed by atoms with Gasteiger partial charge in [-0.3, -0.25) is 9.10 Å². The molecule has 0 spiro atoms. The molecular weight excluding hydrogens is 542 g/mol. The van der Waals surface area contributed by atoms with Crippen LogP contribution < -0.4 is 13.8 Å². The molecule has 196 valence electrons. The molecular formula is C24H18ClF4NO6S. The standard InChI is InChI=1S/C24H18ClF4NO6S/c25-19-5-2-6-20(26)18(19)13-35-15-7-8-22-21(10-15)30(12-16(36-22)11-23(31)32)37(33,34)17-4-1-3-14(9-17)24(27,28)29/h1-10,16H,11-13H2,(H,31,32)/t16-/m0/s1. The molecule has 1 aliphatic rings. The van der Waals surface area contributed by atoms with Crippen molar-refractivity contribution >= 4 is 33.3 Å². The Kier molecular flexibility index (Phi) is 7.24. The van der Waals surface area contributed by atoms with Crippen molar-refractivity contribution in [2.45, 2.75) is 30.2 Å². The molecule has 7 nitrogen and oxygen atoms in total. The summed E-state index contributed by atoms with van der Waals surface area (Å²) < 4.78 is 92.8. The summed E-state index contributed by atoms with van der Waals surface area (Å²) in [6.45, 7) is -0.784. The van der Waals surface area contributed by atoms with Gasteiger partial charge in [-0.15, -0.1) is 0 Å². The second-order valence-corrected chi connectivity index (χ2v) is 10.3. The number of hydrogen-bond acceptors (Lipinski definition) is 5. The van der Waals surface area contributed by atoms with Crippen LogP contribution in [-0.2, 0) is 27.6 Å². The highest BCUT2D eigenvalue weighted by atomic mass is 35.5. The van der Waals surface area contributed by atoms with Gasteiger partial charge in [-0.25, -0.2) is 12.8 Å². The molecule has 0 amide bonds. The predicted octanol–water partition coefficient (Wildman–Crippen LogP) is 5.51. The molecule has 37 heavy (non-hydrogen) atoms. The van der Waals surface area contributed by atoms with Crippen molar-refractivity contribution in [3.63, 3.8) is 0 Å². The van der Waals surface area contributed by atoms with Crippen LogP contribution >= 0.6 is 11.6 Å². The Balaban J connectivity index is 1.72. The Morgan fingerprint density at radius 3 is 2.54 bits per heavy atom. The lowest BCUT2D eigenvalue weighted by atomic mass is 10.1. The van der Waals surface area contributed by atoms with Gasteiger partial charge in [-0.05, 0) is 42.5 Å². The highest BCUT2D eigenvalue weighted by Crippen LogP contribution is 2.41. The zero-order valence-corrected chi connectivity index (χ0v) is 20.3. The van der Waals surface area contributed by atoms with E-state index in [1.807, 2.05) is 0 Å². The number of carboxylic acids is 1. The third-order valence-electron chi connectivity index (χ3n) is 5.46. The summed E-state index contributed by atoms with van der Waals surface area (Å²) in [5.74, 6) is -1.81. The van der Waals surface area contributed by atoms with Crippen LogP contribution in [-0.4, -0.2) is 32.1 Å². The first-order valence-corrected chi connectivity index (χ1v) is 12.5. The van der Waals surface area contributed by atoms with E-state index < -0.39 is 57.5 Å². The average molecular weight is 560 g/mol. The molecule has 4 rings (SSSR count). The first-order valence-electron chi connectivity index (χ1n) is 10.6. The molecule has 0 bridgehead atoms. The number of sulfonamides is 1. The van der Waals surface area contributed by atoms with Crippen molar-refractivity contribution in [1.82, 2.24) is 0 Å². The fourth-order valence-electron chi connectivity index (χ4n) is 3.70.